The molecule has 0 aliphatic heterocycles. The van der Waals surface area contributed by atoms with E-state index in [1.54, 1.807) is 24.5 Å². The van der Waals surface area contributed by atoms with E-state index in [0.29, 0.717) is 0 Å². The predicted octanol–water partition coefficient (Wildman–Crippen LogP) is -0.0875. The average molecular weight is 193 g/mol. The van der Waals surface area contributed by atoms with Crippen molar-refractivity contribution in [3.8, 4) is 0 Å². The summed E-state index contributed by atoms with van der Waals surface area (Å²) in [5.41, 5.74) is 2.96. The number of aliphatic hydroxyl groups is 1. The molecule has 0 saturated carbocycles. The zero-order chi connectivity index (χ0) is 10.4. The van der Waals surface area contributed by atoms with E-state index in [1.165, 1.54) is 13.1 Å². The highest BCUT2D eigenvalue weighted by molar-refractivity contribution is 5.83. The largest absolute Gasteiger partial charge is 0.383 e. The second-order valence-electron chi connectivity index (χ2n) is 2.70. The van der Waals surface area contributed by atoms with Gasteiger partial charge in [0.25, 0.3) is 5.91 Å². The van der Waals surface area contributed by atoms with Crippen LogP contribution in [0.5, 0.6) is 0 Å². The number of nitrogens with zero attached hydrogens (tertiary/aromatic N) is 2. The predicted molar refractivity (Wildman–Crippen MR) is 51.7 cm³/mol. The van der Waals surface area contributed by atoms with Gasteiger partial charge in [-0.1, -0.05) is 6.07 Å². The van der Waals surface area contributed by atoms with E-state index in [1.807, 2.05) is 0 Å². The van der Waals surface area contributed by atoms with Crippen LogP contribution in [0.2, 0.25) is 0 Å². The first kappa shape index (κ1) is 10.3. The van der Waals surface area contributed by atoms with Crippen LogP contribution in [0.4, 0.5) is 0 Å². The van der Waals surface area contributed by atoms with Crippen LogP contribution in [0.25, 0.3) is 0 Å². The van der Waals surface area contributed by atoms with E-state index < -0.39 is 12.0 Å². The fraction of sp³-hybridized carbons (Fsp3) is 0.222. The Hall–Kier alpha value is -1.75. The summed E-state index contributed by atoms with van der Waals surface area (Å²) in [6.07, 6.45) is 3.65. The molecule has 1 rings (SSSR count). The maximum Gasteiger partial charge on any atom is 0.268 e. The molecule has 2 N–H and O–H groups in total. The molecule has 1 aromatic heterocycles. The standard InChI is InChI=1S/C9H11N3O2/c1-7(13)9(14)12-11-6-8-3-2-4-10-5-8/h2-7,13H,1H3,(H,12,14)/b11-6-/t7-/m1/s1. The van der Waals surface area contributed by atoms with Gasteiger partial charge in [-0.3, -0.25) is 9.78 Å². The number of nitrogens with one attached hydrogen (secondary N) is 1. The average Bonchev–Trinajstić information content (AvgIpc) is 2.19. The lowest BCUT2D eigenvalue weighted by Gasteiger charge is -2.00. The molecule has 0 aromatic carbocycles. The van der Waals surface area contributed by atoms with Gasteiger partial charge in [-0.15, -0.1) is 0 Å². The lowest BCUT2D eigenvalue weighted by atomic mass is 10.3. The van der Waals surface area contributed by atoms with E-state index in [9.17, 15) is 4.79 Å². The Labute approximate surface area is 81.5 Å². The molecule has 0 aliphatic carbocycles. The van der Waals surface area contributed by atoms with Crippen LogP contribution < -0.4 is 5.43 Å². The number of carbonyl (C=O) groups is 1. The molecule has 0 bridgehead atoms. The lowest BCUT2D eigenvalue weighted by molar-refractivity contribution is -0.128. The minimum absolute atomic E-state index is 0.537. The first-order valence-corrected chi connectivity index (χ1v) is 4.11. The summed E-state index contributed by atoms with van der Waals surface area (Å²) in [6.45, 7) is 1.37. The monoisotopic (exact) mass is 193 g/mol. The highest BCUT2D eigenvalue weighted by atomic mass is 16.3. The number of hydrazone groups is 1. The van der Waals surface area contributed by atoms with Gasteiger partial charge in [-0.2, -0.15) is 5.10 Å². The Bertz CT molecular complexity index is 322. The number of hydrogen-bond donors (Lipinski definition) is 2. The van der Waals surface area contributed by atoms with E-state index >= 15 is 0 Å². The highest BCUT2D eigenvalue weighted by Crippen LogP contribution is 1.89. The molecule has 0 saturated heterocycles. The third-order valence-electron chi connectivity index (χ3n) is 1.45. The molecule has 1 amide bonds. The molecule has 5 heteroatoms. The minimum Gasteiger partial charge on any atom is -0.383 e. The summed E-state index contributed by atoms with van der Waals surface area (Å²) in [5.74, 6) is -0.537. The van der Waals surface area contributed by atoms with Crippen LogP contribution >= 0.6 is 0 Å². The van der Waals surface area contributed by atoms with Gasteiger partial charge in [-0.05, 0) is 13.0 Å². The quantitative estimate of drug-likeness (QED) is 0.520. The first-order chi connectivity index (χ1) is 6.70. The number of pyridine rings is 1. The molecule has 0 radical (unpaired) electrons. The van der Waals surface area contributed by atoms with Crippen molar-refractivity contribution in [1.82, 2.24) is 10.4 Å². The lowest BCUT2D eigenvalue weighted by Crippen LogP contribution is -2.28. The minimum atomic E-state index is -1.05. The Morgan fingerprint density at radius 3 is 3.14 bits per heavy atom. The van der Waals surface area contributed by atoms with Crippen molar-refractivity contribution in [1.29, 1.82) is 0 Å². The summed E-state index contributed by atoms with van der Waals surface area (Å²) in [5, 5.41) is 12.5. The van der Waals surface area contributed by atoms with Gasteiger partial charge in [0, 0.05) is 18.0 Å². The number of carbonyl (C=O) groups excluding carboxylic acids is 1. The zero-order valence-corrected chi connectivity index (χ0v) is 7.71. The number of aliphatic hydroxyl groups excluding tert-OH is 1. The molecule has 14 heavy (non-hydrogen) atoms. The zero-order valence-electron chi connectivity index (χ0n) is 7.71. The number of aromatic nitrogens is 1. The van der Waals surface area contributed by atoms with E-state index in [0.717, 1.165) is 5.56 Å². The van der Waals surface area contributed by atoms with Crippen LogP contribution in [0.15, 0.2) is 29.6 Å². The summed E-state index contributed by atoms with van der Waals surface area (Å²) >= 11 is 0. The van der Waals surface area contributed by atoms with Crippen molar-refractivity contribution in [2.75, 3.05) is 0 Å². The molecule has 5 nitrogen and oxygen atoms in total. The van der Waals surface area contributed by atoms with Crippen molar-refractivity contribution in [3.05, 3.63) is 30.1 Å². The fourth-order valence-corrected chi connectivity index (χ4v) is 0.716. The Morgan fingerprint density at radius 2 is 2.57 bits per heavy atom. The van der Waals surface area contributed by atoms with Gasteiger partial charge < -0.3 is 5.11 Å². The fourth-order valence-electron chi connectivity index (χ4n) is 0.716. The topological polar surface area (TPSA) is 74.6 Å². The van der Waals surface area contributed by atoms with Crippen molar-refractivity contribution in [2.45, 2.75) is 13.0 Å². The van der Waals surface area contributed by atoms with Crippen LogP contribution in [0.3, 0.4) is 0 Å². The maximum absolute atomic E-state index is 10.8. The third-order valence-corrected chi connectivity index (χ3v) is 1.45. The van der Waals surface area contributed by atoms with Gasteiger partial charge in [0.15, 0.2) is 0 Å². The summed E-state index contributed by atoms with van der Waals surface area (Å²) in [4.78, 5) is 14.7. The van der Waals surface area contributed by atoms with Crippen molar-refractivity contribution in [3.63, 3.8) is 0 Å². The van der Waals surface area contributed by atoms with Crippen molar-refractivity contribution in [2.24, 2.45) is 5.10 Å². The van der Waals surface area contributed by atoms with E-state index in [4.69, 9.17) is 5.11 Å². The molecule has 0 aliphatic rings. The maximum atomic E-state index is 10.8. The molecule has 74 valence electrons. The molecule has 0 unspecified atom stereocenters. The molecule has 1 atom stereocenters. The van der Waals surface area contributed by atoms with Gasteiger partial charge in [-0.25, -0.2) is 5.43 Å². The molecule has 0 spiro atoms. The van der Waals surface area contributed by atoms with Crippen molar-refractivity contribution < 1.29 is 9.90 Å². The summed E-state index contributed by atoms with van der Waals surface area (Å²) in [7, 11) is 0. The van der Waals surface area contributed by atoms with Crippen LogP contribution in [0, 0.1) is 0 Å². The first-order valence-electron chi connectivity index (χ1n) is 4.11. The summed E-state index contributed by atoms with van der Waals surface area (Å²) < 4.78 is 0. The molecule has 1 heterocycles. The van der Waals surface area contributed by atoms with Crippen LogP contribution in [-0.2, 0) is 4.79 Å². The number of amides is 1. The molecule has 1 aromatic rings. The second-order valence-corrected chi connectivity index (χ2v) is 2.70. The van der Waals surface area contributed by atoms with Gasteiger partial charge >= 0.3 is 0 Å². The second kappa shape index (κ2) is 5.08. The summed E-state index contributed by atoms with van der Waals surface area (Å²) in [6, 6.07) is 3.56. The SMILES string of the molecule is C[C@@H](O)C(=O)N/N=C\c1cccnc1. The Morgan fingerprint density at radius 1 is 1.79 bits per heavy atom. The molecular weight excluding hydrogens is 182 g/mol. The number of rotatable bonds is 3. The van der Waals surface area contributed by atoms with Gasteiger partial charge in [0.1, 0.15) is 6.10 Å². The Balaban J connectivity index is 2.46. The number of hydrogen-bond acceptors (Lipinski definition) is 4. The Kier molecular flexibility index (Phi) is 3.75. The van der Waals surface area contributed by atoms with Gasteiger partial charge in [0.2, 0.25) is 0 Å². The van der Waals surface area contributed by atoms with E-state index in [2.05, 4.69) is 15.5 Å². The van der Waals surface area contributed by atoms with Crippen molar-refractivity contribution >= 4 is 12.1 Å². The molecule has 0 fully saturated rings. The smallest absolute Gasteiger partial charge is 0.268 e. The third kappa shape index (κ3) is 3.32. The highest BCUT2D eigenvalue weighted by Gasteiger charge is 2.05. The van der Waals surface area contributed by atoms with Crippen LogP contribution in [0.1, 0.15) is 12.5 Å². The molecular formula is C9H11N3O2. The normalized spacial score (nSPS) is 12.7. The van der Waals surface area contributed by atoms with Crippen LogP contribution in [-0.4, -0.2) is 28.3 Å². The van der Waals surface area contributed by atoms with Gasteiger partial charge in [0.05, 0.1) is 6.21 Å². The van der Waals surface area contributed by atoms with E-state index in [-0.39, 0.29) is 0 Å².